The molecule has 4 N–H and O–H groups in total. The molecular formula is C15H12N4O4S2. The Hall–Kier alpha value is -2.98. The summed E-state index contributed by atoms with van der Waals surface area (Å²) in [6.07, 6.45) is 1.46. The summed E-state index contributed by atoms with van der Waals surface area (Å²) in [4.78, 5) is 23.8. The lowest BCUT2D eigenvalue weighted by atomic mass is 10.3. The number of carbonyl (C=O) groups excluding carboxylic acids is 2. The van der Waals surface area contributed by atoms with Crippen molar-refractivity contribution in [2.75, 3.05) is 5.32 Å². The van der Waals surface area contributed by atoms with Crippen LogP contribution >= 0.6 is 11.3 Å². The summed E-state index contributed by atoms with van der Waals surface area (Å²) in [7, 11) is -3.83. The van der Waals surface area contributed by atoms with Crippen molar-refractivity contribution >= 4 is 38.0 Å². The molecule has 0 unspecified atom stereocenters. The standard InChI is InChI=1S/C15H12N4O4S2/c16-13(20)10-8-12(25(22,23)9-4-2-1-3-5-9)24-15(10)18-14(21)11-6-7-17-19-11/h1-8H,(H2,16,20)(H,17,19)(H,18,21). The molecule has 3 rings (SSSR count). The van der Waals surface area contributed by atoms with E-state index in [1.807, 2.05) is 0 Å². The summed E-state index contributed by atoms with van der Waals surface area (Å²) in [6.45, 7) is 0. The van der Waals surface area contributed by atoms with E-state index in [0.29, 0.717) is 0 Å². The van der Waals surface area contributed by atoms with Crippen LogP contribution in [-0.2, 0) is 9.84 Å². The summed E-state index contributed by atoms with van der Waals surface area (Å²) < 4.78 is 25.2. The molecule has 3 aromatic rings. The zero-order valence-corrected chi connectivity index (χ0v) is 14.2. The third kappa shape index (κ3) is 3.30. The van der Waals surface area contributed by atoms with Gasteiger partial charge in [0.1, 0.15) is 14.9 Å². The van der Waals surface area contributed by atoms with Gasteiger partial charge in [-0.25, -0.2) is 8.42 Å². The van der Waals surface area contributed by atoms with Gasteiger partial charge < -0.3 is 11.1 Å². The Morgan fingerprint density at radius 2 is 1.88 bits per heavy atom. The summed E-state index contributed by atoms with van der Waals surface area (Å²) in [5.74, 6) is -1.43. The van der Waals surface area contributed by atoms with Crippen LogP contribution in [0, 0.1) is 0 Å². The normalized spacial score (nSPS) is 11.2. The van der Waals surface area contributed by atoms with Crippen molar-refractivity contribution in [2.24, 2.45) is 5.73 Å². The smallest absolute Gasteiger partial charge is 0.276 e. The van der Waals surface area contributed by atoms with Crippen LogP contribution in [0.4, 0.5) is 5.00 Å². The number of nitrogens with two attached hydrogens (primary N) is 1. The first-order valence-electron chi connectivity index (χ1n) is 6.94. The lowest BCUT2D eigenvalue weighted by Crippen LogP contribution is -2.16. The number of primary amides is 1. The van der Waals surface area contributed by atoms with Gasteiger partial charge in [0.25, 0.3) is 11.8 Å². The second-order valence-electron chi connectivity index (χ2n) is 4.90. The van der Waals surface area contributed by atoms with Crippen molar-refractivity contribution in [3.05, 3.63) is 59.9 Å². The molecule has 0 spiro atoms. The number of thiophene rings is 1. The zero-order chi connectivity index (χ0) is 18.0. The Morgan fingerprint density at radius 1 is 1.16 bits per heavy atom. The van der Waals surface area contributed by atoms with Gasteiger partial charge in [0.15, 0.2) is 0 Å². The van der Waals surface area contributed by atoms with Crippen LogP contribution in [0.1, 0.15) is 20.8 Å². The number of nitrogens with one attached hydrogen (secondary N) is 2. The zero-order valence-electron chi connectivity index (χ0n) is 12.6. The Bertz CT molecular complexity index is 1020. The van der Waals surface area contributed by atoms with Gasteiger partial charge in [-0.3, -0.25) is 14.7 Å². The van der Waals surface area contributed by atoms with Crippen molar-refractivity contribution in [1.29, 1.82) is 0 Å². The highest BCUT2D eigenvalue weighted by Crippen LogP contribution is 2.34. The van der Waals surface area contributed by atoms with Crippen LogP contribution < -0.4 is 11.1 Å². The van der Waals surface area contributed by atoms with Crippen LogP contribution in [0.25, 0.3) is 0 Å². The van der Waals surface area contributed by atoms with E-state index in [4.69, 9.17) is 5.73 Å². The highest BCUT2D eigenvalue weighted by molar-refractivity contribution is 7.93. The minimum atomic E-state index is -3.83. The molecule has 2 heterocycles. The number of hydrogen-bond donors (Lipinski definition) is 3. The molecule has 0 saturated carbocycles. The molecule has 8 nitrogen and oxygen atoms in total. The third-order valence-corrected chi connectivity index (χ3v) is 6.55. The quantitative estimate of drug-likeness (QED) is 0.622. The molecule has 1 aromatic carbocycles. The summed E-state index contributed by atoms with van der Waals surface area (Å²) in [5.41, 5.74) is 5.32. The average molecular weight is 376 g/mol. The largest absolute Gasteiger partial charge is 0.366 e. The lowest BCUT2D eigenvalue weighted by molar-refractivity contribution is 0.100. The number of rotatable bonds is 5. The van der Waals surface area contributed by atoms with E-state index >= 15 is 0 Å². The maximum atomic E-state index is 12.7. The van der Waals surface area contributed by atoms with E-state index in [1.54, 1.807) is 18.2 Å². The topological polar surface area (TPSA) is 135 Å². The molecule has 0 aliphatic carbocycles. The highest BCUT2D eigenvalue weighted by Gasteiger charge is 2.25. The minimum Gasteiger partial charge on any atom is -0.366 e. The predicted octanol–water partition coefficient (Wildman–Crippen LogP) is 1.66. The maximum Gasteiger partial charge on any atom is 0.276 e. The van der Waals surface area contributed by atoms with Crippen molar-refractivity contribution in [3.63, 3.8) is 0 Å². The van der Waals surface area contributed by atoms with Crippen molar-refractivity contribution in [2.45, 2.75) is 9.10 Å². The molecule has 128 valence electrons. The number of benzene rings is 1. The number of sulfone groups is 1. The number of carbonyl (C=O) groups is 2. The summed E-state index contributed by atoms with van der Waals surface area (Å²) in [6, 6.07) is 10.4. The summed E-state index contributed by atoms with van der Waals surface area (Å²) in [5, 5.41) is 8.73. The Kier molecular flexibility index (Phi) is 4.38. The first-order valence-corrected chi connectivity index (χ1v) is 9.24. The lowest BCUT2D eigenvalue weighted by Gasteiger charge is -2.02. The van der Waals surface area contributed by atoms with E-state index in [2.05, 4.69) is 15.5 Å². The molecule has 0 bridgehead atoms. The fraction of sp³-hybridized carbons (Fsp3) is 0. The van der Waals surface area contributed by atoms with Crippen LogP contribution in [0.5, 0.6) is 0 Å². The SMILES string of the molecule is NC(=O)c1cc(S(=O)(=O)c2ccccc2)sc1NC(=O)c1cc[nH]n1. The maximum absolute atomic E-state index is 12.7. The fourth-order valence-corrected chi connectivity index (χ4v) is 4.84. The highest BCUT2D eigenvalue weighted by atomic mass is 32.2. The van der Waals surface area contributed by atoms with E-state index < -0.39 is 21.7 Å². The van der Waals surface area contributed by atoms with Gasteiger partial charge in [-0.05, 0) is 24.3 Å². The molecule has 10 heteroatoms. The van der Waals surface area contributed by atoms with Gasteiger partial charge in [0, 0.05) is 6.20 Å². The Balaban J connectivity index is 2.01. The fourth-order valence-electron chi connectivity index (χ4n) is 2.05. The molecule has 2 aromatic heterocycles. The van der Waals surface area contributed by atoms with E-state index in [9.17, 15) is 18.0 Å². The van der Waals surface area contributed by atoms with Gasteiger partial charge in [-0.2, -0.15) is 5.10 Å². The molecule has 0 aliphatic rings. The molecule has 0 atom stereocenters. The number of nitrogens with zero attached hydrogens (tertiary/aromatic N) is 1. The van der Waals surface area contributed by atoms with Gasteiger partial charge in [0.2, 0.25) is 9.84 Å². The Labute approximate surface area is 146 Å². The number of aromatic nitrogens is 2. The van der Waals surface area contributed by atoms with Gasteiger partial charge >= 0.3 is 0 Å². The van der Waals surface area contributed by atoms with E-state index in [-0.39, 0.29) is 25.4 Å². The van der Waals surface area contributed by atoms with Crippen molar-refractivity contribution in [3.8, 4) is 0 Å². The van der Waals surface area contributed by atoms with Crippen LogP contribution in [0.2, 0.25) is 0 Å². The average Bonchev–Trinajstić information content (AvgIpc) is 3.25. The third-order valence-electron chi connectivity index (χ3n) is 3.25. The monoisotopic (exact) mass is 376 g/mol. The number of amides is 2. The molecule has 0 radical (unpaired) electrons. The molecule has 0 aliphatic heterocycles. The molecule has 25 heavy (non-hydrogen) atoms. The first kappa shape index (κ1) is 16.9. The number of H-pyrrole nitrogens is 1. The second kappa shape index (κ2) is 6.49. The van der Waals surface area contributed by atoms with Crippen LogP contribution in [0.3, 0.4) is 0 Å². The minimum absolute atomic E-state index is 0.0509. The summed E-state index contributed by atoms with van der Waals surface area (Å²) >= 11 is 0.756. The molecule has 0 fully saturated rings. The predicted molar refractivity (Wildman–Crippen MR) is 91.3 cm³/mol. The van der Waals surface area contributed by atoms with Crippen molar-refractivity contribution < 1.29 is 18.0 Å². The van der Waals surface area contributed by atoms with Crippen LogP contribution in [-0.4, -0.2) is 30.4 Å². The number of hydrogen-bond acceptors (Lipinski definition) is 6. The Morgan fingerprint density at radius 3 is 2.48 bits per heavy atom. The molecule has 2 amide bonds. The van der Waals surface area contributed by atoms with E-state index in [1.165, 1.54) is 24.4 Å². The number of aromatic amines is 1. The first-order chi connectivity index (χ1) is 11.9. The molecule has 0 saturated heterocycles. The van der Waals surface area contributed by atoms with Crippen molar-refractivity contribution in [1.82, 2.24) is 10.2 Å². The molecular weight excluding hydrogens is 364 g/mol. The second-order valence-corrected chi connectivity index (χ2v) is 8.13. The van der Waals surface area contributed by atoms with Gasteiger partial charge in [-0.15, -0.1) is 11.3 Å². The van der Waals surface area contributed by atoms with Gasteiger partial charge in [-0.1, -0.05) is 18.2 Å². The van der Waals surface area contributed by atoms with E-state index in [0.717, 1.165) is 17.4 Å². The van der Waals surface area contributed by atoms with Gasteiger partial charge in [0.05, 0.1) is 10.5 Å². The van der Waals surface area contributed by atoms with Crippen LogP contribution in [0.15, 0.2) is 57.8 Å². The number of anilines is 1.